The van der Waals surface area contributed by atoms with Crippen LogP contribution in [-0.4, -0.2) is 71.1 Å². The number of benzene rings is 3. The first kappa shape index (κ1) is 33.4. The number of thioether (sulfide) groups is 1. The van der Waals surface area contributed by atoms with Crippen molar-refractivity contribution in [1.29, 1.82) is 0 Å². The highest BCUT2D eigenvalue weighted by molar-refractivity contribution is 7.99. The fourth-order valence-corrected chi connectivity index (χ4v) is 7.23. The van der Waals surface area contributed by atoms with Gasteiger partial charge in [0.2, 0.25) is 5.91 Å². The van der Waals surface area contributed by atoms with Crippen molar-refractivity contribution in [1.82, 2.24) is 15.1 Å². The second-order valence-corrected chi connectivity index (χ2v) is 12.7. The van der Waals surface area contributed by atoms with Crippen LogP contribution in [-0.2, 0) is 22.3 Å². The van der Waals surface area contributed by atoms with Gasteiger partial charge in [0.1, 0.15) is 17.0 Å². The lowest BCUT2D eigenvalue weighted by Gasteiger charge is -2.45. The largest absolute Gasteiger partial charge is 0.497 e. The number of hydrogen-bond donors (Lipinski definition) is 2. The Balaban J connectivity index is 1.47. The molecule has 0 saturated carbocycles. The van der Waals surface area contributed by atoms with Crippen molar-refractivity contribution in [2.75, 3.05) is 44.1 Å². The van der Waals surface area contributed by atoms with E-state index in [1.165, 1.54) is 31.3 Å². The number of ether oxygens (including phenoxy) is 2. The predicted octanol–water partition coefficient (Wildman–Crippen LogP) is 5.89. The summed E-state index contributed by atoms with van der Waals surface area (Å²) in [7, 11) is 3.00. The standard InChI is InChI=1S/C33H35F3N4O4S2/c1-43-25-12-13-26(28(18-25)44-2)37-30(42)32(14-16-46-17-15-32)40(19-22-8-10-24(11-9-22)33(34,35)36)29(41)21-39-20-27(38-31(39)45)23-6-4-3-5-7-23/h3-13,18,27H,14-17,19-21H2,1-2H3,(H,37,42)(H,38,45)/t27-/m0/s1. The number of alkyl halides is 3. The average molecular weight is 673 g/mol. The minimum Gasteiger partial charge on any atom is -0.497 e. The molecule has 46 heavy (non-hydrogen) atoms. The minimum absolute atomic E-state index is 0.0645. The SMILES string of the molecule is COc1ccc(NC(=O)C2(N(Cc3ccc(C(F)(F)F)cc3)C(=O)CN3C[C@@H](c4ccccc4)NC3=S)CCSCC2)c(OC)c1. The molecule has 2 N–H and O–H groups in total. The van der Waals surface area contributed by atoms with Gasteiger partial charge in [0.05, 0.1) is 38.1 Å². The quantitative estimate of drug-likeness (QED) is 0.259. The molecule has 2 amide bonds. The first-order valence-electron chi connectivity index (χ1n) is 14.7. The molecule has 0 radical (unpaired) electrons. The van der Waals surface area contributed by atoms with Gasteiger partial charge in [-0.05, 0) is 72.0 Å². The smallest absolute Gasteiger partial charge is 0.416 e. The van der Waals surface area contributed by atoms with Gasteiger partial charge in [-0.25, -0.2) is 0 Å². The summed E-state index contributed by atoms with van der Waals surface area (Å²) in [6, 6.07) is 19.3. The van der Waals surface area contributed by atoms with E-state index in [4.69, 9.17) is 21.7 Å². The Labute approximate surface area is 275 Å². The summed E-state index contributed by atoms with van der Waals surface area (Å²) < 4.78 is 50.8. The van der Waals surface area contributed by atoms with E-state index in [1.54, 1.807) is 34.9 Å². The third-order valence-electron chi connectivity index (χ3n) is 8.36. The normalized spacial score (nSPS) is 17.6. The molecule has 0 unspecified atom stereocenters. The molecule has 0 bridgehead atoms. The van der Waals surface area contributed by atoms with Crippen molar-refractivity contribution in [3.8, 4) is 11.5 Å². The molecule has 244 valence electrons. The van der Waals surface area contributed by atoms with Gasteiger partial charge in [-0.3, -0.25) is 9.59 Å². The summed E-state index contributed by atoms with van der Waals surface area (Å²) in [4.78, 5) is 32.0. The molecule has 2 aliphatic rings. The lowest BCUT2D eigenvalue weighted by atomic mass is 9.87. The lowest BCUT2D eigenvalue weighted by molar-refractivity contribution is -0.147. The highest BCUT2D eigenvalue weighted by Crippen LogP contribution is 2.38. The molecule has 2 saturated heterocycles. The van der Waals surface area contributed by atoms with Crippen LogP contribution >= 0.6 is 24.0 Å². The molecule has 0 aromatic heterocycles. The van der Waals surface area contributed by atoms with Gasteiger partial charge in [0.15, 0.2) is 5.11 Å². The van der Waals surface area contributed by atoms with Crippen molar-refractivity contribution >= 4 is 46.6 Å². The number of halogens is 3. The van der Waals surface area contributed by atoms with Crippen LogP contribution in [0.3, 0.4) is 0 Å². The predicted molar refractivity (Wildman–Crippen MR) is 176 cm³/mol. The number of carbonyl (C=O) groups is 2. The van der Waals surface area contributed by atoms with Crippen LogP contribution in [0.2, 0.25) is 0 Å². The number of thiocarbonyl (C=S) groups is 1. The number of carbonyl (C=O) groups excluding carboxylic acids is 2. The van der Waals surface area contributed by atoms with E-state index >= 15 is 0 Å². The molecule has 0 spiro atoms. The maximum absolute atomic E-state index is 14.4. The van der Waals surface area contributed by atoms with E-state index in [0.29, 0.717) is 58.8 Å². The summed E-state index contributed by atoms with van der Waals surface area (Å²) in [6.07, 6.45) is -3.80. The van der Waals surface area contributed by atoms with Crippen LogP contribution in [0.15, 0.2) is 72.8 Å². The highest BCUT2D eigenvalue weighted by atomic mass is 32.2. The van der Waals surface area contributed by atoms with E-state index in [1.807, 2.05) is 30.3 Å². The zero-order valence-corrected chi connectivity index (χ0v) is 27.1. The van der Waals surface area contributed by atoms with Crippen LogP contribution in [0.1, 0.15) is 35.6 Å². The first-order chi connectivity index (χ1) is 22.0. The molecule has 1 atom stereocenters. The second-order valence-electron chi connectivity index (χ2n) is 11.1. The van der Waals surface area contributed by atoms with Crippen LogP contribution in [0.25, 0.3) is 0 Å². The van der Waals surface area contributed by atoms with E-state index in [-0.39, 0.29) is 25.0 Å². The van der Waals surface area contributed by atoms with Crippen molar-refractivity contribution in [3.63, 3.8) is 0 Å². The number of hydrogen-bond acceptors (Lipinski definition) is 6. The lowest BCUT2D eigenvalue weighted by Crippen LogP contribution is -2.61. The average Bonchev–Trinajstić information content (AvgIpc) is 3.43. The molecular weight excluding hydrogens is 638 g/mol. The Hall–Kier alpha value is -3.97. The summed E-state index contributed by atoms with van der Waals surface area (Å²) in [5.74, 6) is 1.39. The number of anilines is 1. The molecule has 13 heteroatoms. The second kappa shape index (κ2) is 14.2. The third kappa shape index (κ3) is 7.36. The molecule has 5 rings (SSSR count). The number of amides is 2. The molecule has 2 heterocycles. The summed E-state index contributed by atoms with van der Waals surface area (Å²) in [5, 5.41) is 6.67. The molecule has 3 aromatic carbocycles. The van der Waals surface area contributed by atoms with Gasteiger partial charge < -0.3 is 29.9 Å². The summed E-state index contributed by atoms with van der Waals surface area (Å²) in [6.45, 7) is 0.273. The Morgan fingerprint density at radius 3 is 2.37 bits per heavy atom. The van der Waals surface area contributed by atoms with Gasteiger partial charge in [-0.2, -0.15) is 24.9 Å². The Bertz CT molecular complexity index is 1550. The number of rotatable bonds is 10. The zero-order chi connectivity index (χ0) is 32.9. The van der Waals surface area contributed by atoms with Gasteiger partial charge in [0.25, 0.3) is 5.91 Å². The number of methoxy groups -OCH3 is 2. The Morgan fingerprint density at radius 2 is 1.74 bits per heavy atom. The Kier molecular flexibility index (Phi) is 10.3. The molecular formula is C33H35F3N4O4S2. The van der Waals surface area contributed by atoms with Crippen LogP contribution < -0.4 is 20.1 Å². The van der Waals surface area contributed by atoms with Gasteiger partial charge in [0, 0.05) is 19.2 Å². The third-order valence-corrected chi connectivity index (χ3v) is 9.72. The van der Waals surface area contributed by atoms with Crippen molar-refractivity contribution in [2.45, 2.75) is 37.1 Å². The summed E-state index contributed by atoms with van der Waals surface area (Å²) >= 11 is 7.28. The molecule has 3 aromatic rings. The fourth-order valence-electron chi connectivity index (χ4n) is 5.78. The van der Waals surface area contributed by atoms with Crippen LogP contribution in [0.5, 0.6) is 11.5 Å². The summed E-state index contributed by atoms with van der Waals surface area (Å²) in [5.41, 5.74) is -0.178. The van der Waals surface area contributed by atoms with Gasteiger partial charge >= 0.3 is 6.18 Å². The fraction of sp³-hybridized carbons (Fsp3) is 0.364. The van der Waals surface area contributed by atoms with Gasteiger partial charge in [-0.1, -0.05) is 42.5 Å². The molecule has 2 fully saturated rings. The molecule has 0 aliphatic carbocycles. The van der Waals surface area contributed by atoms with E-state index in [9.17, 15) is 22.8 Å². The Morgan fingerprint density at radius 1 is 1.04 bits per heavy atom. The first-order valence-corrected chi connectivity index (χ1v) is 16.3. The monoisotopic (exact) mass is 672 g/mol. The topological polar surface area (TPSA) is 83.1 Å². The number of nitrogens with one attached hydrogen (secondary N) is 2. The number of nitrogens with zero attached hydrogens (tertiary/aromatic N) is 2. The maximum Gasteiger partial charge on any atom is 0.416 e. The van der Waals surface area contributed by atoms with Gasteiger partial charge in [-0.15, -0.1) is 0 Å². The molecule has 8 nitrogen and oxygen atoms in total. The van der Waals surface area contributed by atoms with E-state index in [2.05, 4.69) is 10.6 Å². The van der Waals surface area contributed by atoms with E-state index in [0.717, 1.165) is 17.7 Å². The van der Waals surface area contributed by atoms with Crippen LogP contribution in [0.4, 0.5) is 18.9 Å². The van der Waals surface area contributed by atoms with Crippen molar-refractivity contribution < 1.29 is 32.2 Å². The molecule has 2 aliphatic heterocycles. The van der Waals surface area contributed by atoms with Crippen LogP contribution in [0, 0.1) is 0 Å². The zero-order valence-electron chi connectivity index (χ0n) is 25.4. The van der Waals surface area contributed by atoms with Crippen molar-refractivity contribution in [2.24, 2.45) is 0 Å². The van der Waals surface area contributed by atoms with Crippen molar-refractivity contribution in [3.05, 3.63) is 89.5 Å². The minimum atomic E-state index is -4.50. The van der Waals surface area contributed by atoms with E-state index < -0.39 is 23.2 Å². The highest BCUT2D eigenvalue weighted by Gasteiger charge is 2.48. The maximum atomic E-state index is 14.4.